The zero-order chi connectivity index (χ0) is 22.2. The van der Waals surface area contributed by atoms with Crippen LogP contribution in [-0.4, -0.2) is 109 Å². The topological polar surface area (TPSA) is 103 Å². The standard InChI is InChI=1S/C20H25N9O2S/c1-25-16-15(17(30)26(2)20(25)31)28(18(21-16)27-10-6-7-11-27)12-13-32-19-22-23-24-29(19)14-8-4-3-5-9-14/h3-5,8-9,15-16H,6-7,10-13H2,1-2H3. The molecule has 3 aliphatic rings. The van der Waals surface area contributed by atoms with Gasteiger partial charge in [0.05, 0.1) is 5.69 Å². The van der Waals surface area contributed by atoms with Crippen LogP contribution >= 0.6 is 11.8 Å². The third-order valence-corrected chi connectivity index (χ3v) is 6.99. The number of benzene rings is 1. The number of guanidine groups is 1. The number of likely N-dealkylation sites (tertiary alicyclic amines) is 1. The van der Waals surface area contributed by atoms with Crippen LogP contribution in [0.4, 0.5) is 4.79 Å². The molecule has 2 unspecified atom stereocenters. The Morgan fingerprint density at radius 1 is 1.09 bits per heavy atom. The Morgan fingerprint density at radius 3 is 2.59 bits per heavy atom. The number of thioether (sulfide) groups is 1. The third kappa shape index (κ3) is 3.48. The van der Waals surface area contributed by atoms with Gasteiger partial charge in [0.2, 0.25) is 5.16 Å². The lowest BCUT2D eigenvalue weighted by Crippen LogP contribution is -2.64. The fraction of sp³-hybridized carbons (Fsp3) is 0.500. The molecule has 4 heterocycles. The lowest BCUT2D eigenvalue weighted by atomic mass is 10.1. The number of aliphatic imine (C=N–C) groups is 1. The van der Waals surface area contributed by atoms with Crippen molar-refractivity contribution in [2.24, 2.45) is 4.99 Å². The number of aromatic nitrogens is 4. The van der Waals surface area contributed by atoms with E-state index in [-0.39, 0.29) is 11.9 Å². The molecule has 0 N–H and O–H groups in total. The first-order chi connectivity index (χ1) is 15.6. The molecular formula is C20H25N9O2S. The van der Waals surface area contributed by atoms with Crippen molar-refractivity contribution in [2.45, 2.75) is 30.2 Å². The number of nitrogens with zero attached hydrogens (tertiary/aromatic N) is 9. The SMILES string of the molecule is CN1C(=O)C2C(N=C(N3CCCC3)N2CCSc2nnnn2-c2ccccc2)N(C)C1=O. The molecule has 2 saturated heterocycles. The van der Waals surface area contributed by atoms with Crippen LogP contribution in [0.1, 0.15) is 12.8 Å². The van der Waals surface area contributed by atoms with Gasteiger partial charge < -0.3 is 14.7 Å². The molecule has 2 aromatic rings. The fourth-order valence-electron chi connectivity index (χ4n) is 4.41. The van der Waals surface area contributed by atoms with E-state index in [1.165, 1.54) is 23.7 Å². The van der Waals surface area contributed by atoms with E-state index in [9.17, 15) is 9.59 Å². The summed E-state index contributed by atoms with van der Waals surface area (Å²) in [5.41, 5.74) is 0.893. The van der Waals surface area contributed by atoms with Crippen molar-refractivity contribution in [3.8, 4) is 5.69 Å². The summed E-state index contributed by atoms with van der Waals surface area (Å²) in [6.45, 7) is 2.41. The van der Waals surface area contributed by atoms with Gasteiger partial charge in [0, 0.05) is 39.5 Å². The molecule has 0 bridgehead atoms. The van der Waals surface area contributed by atoms with Crippen LogP contribution in [0.2, 0.25) is 0 Å². The van der Waals surface area contributed by atoms with Crippen molar-refractivity contribution in [2.75, 3.05) is 39.5 Å². The summed E-state index contributed by atoms with van der Waals surface area (Å²) in [5, 5.41) is 12.8. The number of likely N-dealkylation sites (N-methyl/N-ethyl adjacent to an activating group) is 2. The van der Waals surface area contributed by atoms with Crippen LogP contribution in [0.5, 0.6) is 0 Å². The molecule has 3 amide bonds. The number of urea groups is 1. The molecular weight excluding hydrogens is 430 g/mol. The average molecular weight is 456 g/mol. The summed E-state index contributed by atoms with van der Waals surface area (Å²) in [7, 11) is 3.24. The van der Waals surface area contributed by atoms with Crippen LogP contribution in [0.25, 0.3) is 5.69 Å². The van der Waals surface area contributed by atoms with Crippen molar-refractivity contribution < 1.29 is 9.59 Å². The van der Waals surface area contributed by atoms with E-state index in [1.54, 1.807) is 16.6 Å². The molecule has 32 heavy (non-hydrogen) atoms. The molecule has 0 radical (unpaired) electrons. The maximum absolute atomic E-state index is 13.1. The van der Waals surface area contributed by atoms with E-state index in [0.29, 0.717) is 17.5 Å². The lowest BCUT2D eigenvalue weighted by molar-refractivity contribution is -0.136. The Morgan fingerprint density at radius 2 is 1.84 bits per heavy atom. The summed E-state index contributed by atoms with van der Waals surface area (Å²) in [6, 6.07) is 8.90. The smallest absolute Gasteiger partial charge is 0.328 e. The number of hydrogen-bond acceptors (Lipinski definition) is 9. The summed E-state index contributed by atoms with van der Waals surface area (Å²) in [4.78, 5) is 37.4. The van der Waals surface area contributed by atoms with Crippen LogP contribution in [0.15, 0.2) is 40.5 Å². The summed E-state index contributed by atoms with van der Waals surface area (Å²) in [5.74, 6) is 1.26. The van der Waals surface area contributed by atoms with Gasteiger partial charge >= 0.3 is 6.03 Å². The summed E-state index contributed by atoms with van der Waals surface area (Å²) in [6.07, 6.45) is 1.71. The highest BCUT2D eigenvalue weighted by molar-refractivity contribution is 7.99. The zero-order valence-electron chi connectivity index (χ0n) is 18.0. The predicted molar refractivity (Wildman–Crippen MR) is 118 cm³/mol. The zero-order valence-corrected chi connectivity index (χ0v) is 18.9. The second-order valence-electron chi connectivity index (χ2n) is 8.02. The number of hydrogen-bond donors (Lipinski definition) is 0. The molecule has 5 rings (SSSR count). The van der Waals surface area contributed by atoms with Gasteiger partial charge in [-0.1, -0.05) is 30.0 Å². The van der Waals surface area contributed by atoms with E-state index in [1.807, 2.05) is 30.3 Å². The van der Waals surface area contributed by atoms with Gasteiger partial charge in [0.15, 0.2) is 18.2 Å². The van der Waals surface area contributed by atoms with Gasteiger partial charge in [-0.05, 0) is 35.4 Å². The average Bonchev–Trinajstić information content (AvgIpc) is 3.56. The Kier molecular flexibility index (Phi) is 5.45. The highest BCUT2D eigenvalue weighted by Gasteiger charge is 2.51. The summed E-state index contributed by atoms with van der Waals surface area (Å²) >= 11 is 1.53. The van der Waals surface area contributed by atoms with Crippen LogP contribution in [0, 0.1) is 0 Å². The highest BCUT2D eigenvalue weighted by Crippen LogP contribution is 2.30. The first-order valence-corrected chi connectivity index (χ1v) is 11.6. The molecule has 0 saturated carbocycles. The van der Waals surface area contributed by atoms with Crippen LogP contribution in [0.3, 0.4) is 0 Å². The number of fused-ring (bicyclic) bond motifs is 1. The third-order valence-electron chi connectivity index (χ3n) is 6.09. The number of tetrazole rings is 1. The van der Waals surface area contributed by atoms with E-state index in [4.69, 9.17) is 4.99 Å². The van der Waals surface area contributed by atoms with Crippen molar-refractivity contribution >= 4 is 29.7 Å². The van der Waals surface area contributed by atoms with E-state index < -0.39 is 12.2 Å². The van der Waals surface area contributed by atoms with Gasteiger partial charge in [-0.25, -0.2) is 9.79 Å². The van der Waals surface area contributed by atoms with Crippen LogP contribution in [-0.2, 0) is 4.79 Å². The van der Waals surface area contributed by atoms with Crippen LogP contribution < -0.4 is 0 Å². The number of para-hydroxylation sites is 1. The Bertz CT molecular complexity index is 1040. The molecule has 1 aromatic heterocycles. The van der Waals surface area contributed by atoms with Gasteiger partial charge in [-0.3, -0.25) is 9.69 Å². The Labute approximate surface area is 190 Å². The molecule has 12 heteroatoms. The number of carbonyl (C=O) groups excluding carboxylic acids is 2. The summed E-state index contributed by atoms with van der Waals surface area (Å²) < 4.78 is 1.71. The number of carbonyl (C=O) groups is 2. The second-order valence-corrected chi connectivity index (χ2v) is 9.09. The number of imide groups is 1. The quantitative estimate of drug-likeness (QED) is 0.609. The highest BCUT2D eigenvalue weighted by atomic mass is 32.2. The Balaban J connectivity index is 1.35. The van der Waals surface area contributed by atoms with Crippen molar-refractivity contribution in [1.29, 1.82) is 0 Å². The maximum Gasteiger partial charge on any atom is 0.328 e. The number of amides is 3. The van der Waals surface area contributed by atoms with Gasteiger partial charge in [-0.2, -0.15) is 4.68 Å². The molecule has 1 aromatic carbocycles. The second kappa shape index (κ2) is 8.41. The van der Waals surface area contributed by atoms with Gasteiger partial charge in [0.25, 0.3) is 5.91 Å². The first-order valence-electron chi connectivity index (χ1n) is 10.7. The van der Waals surface area contributed by atoms with Crippen molar-refractivity contribution in [3.63, 3.8) is 0 Å². The molecule has 168 valence electrons. The largest absolute Gasteiger partial charge is 0.343 e. The molecule has 2 atom stereocenters. The maximum atomic E-state index is 13.1. The van der Waals surface area contributed by atoms with E-state index in [0.717, 1.165) is 37.6 Å². The molecule has 11 nitrogen and oxygen atoms in total. The molecule has 0 aliphatic carbocycles. The monoisotopic (exact) mass is 455 g/mol. The molecule has 0 spiro atoms. The molecule has 2 fully saturated rings. The lowest BCUT2D eigenvalue weighted by Gasteiger charge is -2.40. The van der Waals surface area contributed by atoms with Crippen molar-refractivity contribution in [3.05, 3.63) is 30.3 Å². The van der Waals surface area contributed by atoms with Crippen molar-refractivity contribution in [1.82, 2.24) is 39.8 Å². The predicted octanol–water partition coefficient (Wildman–Crippen LogP) is 0.740. The minimum atomic E-state index is -0.510. The van der Waals surface area contributed by atoms with Gasteiger partial charge in [-0.15, -0.1) is 5.10 Å². The molecule has 3 aliphatic heterocycles. The normalized spacial score (nSPS) is 23.2. The minimum Gasteiger partial charge on any atom is -0.343 e. The fourth-order valence-corrected chi connectivity index (χ4v) is 5.23. The Hall–Kier alpha value is -3.15. The van der Waals surface area contributed by atoms with Gasteiger partial charge in [0.1, 0.15) is 0 Å². The minimum absolute atomic E-state index is 0.213. The number of rotatable bonds is 5. The first kappa shape index (κ1) is 20.7. The van der Waals surface area contributed by atoms with E-state index >= 15 is 0 Å². The van der Waals surface area contributed by atoms with E-state index in [2.05, 4.69) is 25.3 Å².